The highest BCUT2D eigenvalue weighted by molar-refractivity contribution is 9.12. The zero-order valence-electron chi connectivity index (χ0n) is 9.67. The van der Waals surface area contributed by atoms with Gasteiger partial charge in [0.25, 0.3) is 5.56 Å². The van der Waals surface area contributed by atoms with E-state index in [1.165, 1.54) is 6.20 Å². The normalized spacial score (nSPS) is 25.9. The van der Waals surface area contributed by atoms with Crippen LogP contribution in [0.2, 0.25) is 0 Å². The molecule has 1 fully saturated rings. The molecule has 2 heterocycles. The predicted molar refractivity (Wildman–Crippen MR) is 68.7 cm³/mol. The topological polar surface area (TPSA) is 105 Å². The molecule has 1 saturated heterocycles. The largest absolute Gasteiger partial charge is 0.394 e. The van der Waals surface area contributed by atoms with Crippen molar-refractivity contribution in [2.24, 2.45) is 0 Å². The van der Waals surface area contributed by atoms with E-state index in [-0.39, 0.29) is 18.6 Å². The lowest BCUT2D eigenvalue weighted by Crippen LogP contribution is -2.36. The smallest absolute Gasteiger partial charge is 0.330 e. The number of aromatic nitrogens is 2. The lowest BCUT2D eigenvalue weighted by atomic mass is 10.2. The number of nitrogens with zero attached hydrogens (tertiary/aromatic N) is 1. The molecule has 1 aliphatic rings. The van der Waals surface area contributed by atoms with Crippen molar-refractivity contribution < 1.29 is 14.9 Å². The molecule has 0 aromatic carbocycles. The van der Waals surface area contributed by atoms with Crippen molar-refractivity contribution in [1.29, 1.82) is 0 Å². The molecule has 102 valence electrons. The third-order valence-corrected chi connectivity index (χ3v) is 2.99. The van der Waals surface area contributed by atoms with E-state index in [1.807, 2.05) is 0 Å². The summed E-state index contributed by atoms with van der Waals surface area (Å²) in [7, 11) is 0. The van der Waals surface area contributed by atoms with Gasteiger partial charge >= 0.3 is 5.69 Å². The molecule has 0 unspecified atom stereocenters. The Morgan fingerprint density at radius 2 is 2.32 bits per heavy atom. The van der Waals surface area contributed by atoms with Gasteiger partial charge in [-0.25, -0.2) is 4.79 Å². The monoisotopic (exact) mass is 330 g/mol. The summed E-state index contributed by atoms with van der Waals surface area (Å²) < 4.78 is 6.41. The van der Waals surface area contributed by atoms with E-state index >= 15 is 0 Å². The van der Waals surface area contributed by atoms with Gasteiger partial charge in [-0.3, -0.25) is 14.3 Å². The highest BCUT2D eigenvalue weighted by Crippen LogP contribution is 2.27. The van der Waals surface area contributed by atoms with Crippen molar-refractivity contribution >= 4 is 15.9 Å². The van der Waals surface area contributed by atoms with E-state index in [2.05, 4.69) is 31.7 Å². The highest BCUT2D eigenvalue weighted by Gasteiger charge is 2.35. The number of rotatable bonds is 2. The third-order valence-electron chi connectivity index (χ3n) is 2.79. The molecule has 1 aliphatic heterocycles. The molecule has 0 bridgehead atoms. The maximum Gasteiger partial charge on any atom is 0.330 e. The van der Waals surface area contributed by atoms with Crippen molar-refractivity contribution in [3.63, 3.8) is 0 Å². The van der Waals surface area contributed by atoms with Gasteiger partial charge in [0.1, 0.15) is 11.7 Å². The van der Waals surface area contributed by atoms with E-state index in [1.54, 1.807) is 0 Å². The van der Waals surface area contributed by atoms with Gasteiger partial charge in [-0.15, -0.1) is 0 Å². The molecule has 0 radical (unpaired) electrons. The first-order valence-electron chi connectivity index (χ1n) is 5.48. The lowest BCUT2D eigenvalue weighted by Gasteiger charge is -2.17. The second kappa shape index (κ2) is 5.71. The quantitative estimate of drug-likeness (QED) is 0.596. The number of halogens is 1. The van der Waals surface area contributed by atoms with Crippen molar-refractivity contribution in [2.75, 3.05) is 6.61 Å². The summed E-state index contributed by atoms with van der Waals surface area (Å²) in [6.45, 7) is -0.250. The Morgan fingerprint density at radius 3 is 2.89 bits per heavy atom. The molecule has 0 amide bonds. The van der Waals surface area contributed by atoms with Gasteiger partial charge in [0.2, 0.25) is 0 Å². The van der Waals surface area contributed by atoms with Crippen LogP contribution >= 0.6 is 15.9 Å². The minimum atomic E-state index is -0.947. The van der Waals surface area contributed by atoms with Crippen LogP contribution in [0.1, 0.15) is 18.2 Å². The number of H-pyrrole nitrogens is 1. The minimum absolute atomic E-state index is 0.0692. The van der Waals surface area contributed by atoms with Gasteiger partial charge in [-0.05, 0) is 10.8 Å². The SMILES string of the molecule is O=c1[nH]c(=O)n([C@@H]2O[C@H](CO)C[C@H]2O)cc1C#CBr. The molecular formula is C11H11BrN2O5. The van der Waals surface area contributed by atoms with Gasteiger partial charge in [-0.1, -0.05) is 0 Å². The van der Waals surface area contributed by atoms with Gasteiger partial charge in [0.05, 0.1) is 12.7 Å². The number of ether oxygens (including phenoxy) is 1. The minimum Gasteiger partial charge on any atom is -0.394 e. The molecule has 0 aliphatic carbocycles. The molecule has 0 saturated carbocycles. The molecule has 8 heteroatoms. The molecule has 7 nitrogen and oxygen atoms in total. The zero-order valence-corrected chi connectivity index (χ0v) is 11.3. The van der Waals surface area contributed by atoms with Gasteiger partial charge in [-0.2, -0.15) is 0 Å². The van der Waals surface area contributed by atoms with E-state index < -0.39 is 29.7 Å². The number of hydrogen-bond donors (Lipinski definition) is 3. The molecule has 1 aromatic heterocycles. The van der Waals surface area contributed by atoms with Gasteiger partial charge in [0, 0.05) is 28.5 Å². The van der Waals surface area contributed by atoms with E-state index in [4.69, 9.17) is 9.84 Å². The molecule has 1 aromatic rings. The standard InChI is InChI=1S/C11H11BrN2O5/c12-2-1-6-4-14(11(18)13-9(6)17)10-8(16)3-7(5-15)19-10/h4,7-8,10,15-16H,3,5H2,(H,13,17,18)/t7-,8+,10+/m0/s1. The van der Waals surface area contributed by atoms with Crippen LogP contribution < -0.4 is 11.2 Å². The Morgan fingerprint density at radius 1 is 1.58 bits per heavy atom. The van der Waals surface area contributed by atoms with Crippen LogP contribution in [0.4, 0.5) is 0 Å². The van der Waals surface area contributed by atoms with Crippen LogP contribution in [-0.4, -0.2) is 38.6 Å². The number of aromatic amines is 1. The van der Waals surface area contributed by atoms with Gasteiger partial charge < -0.3 is 14.9 Å². The predicted octanol–water partition coefficient (Wildman–Crippen LogP) is -1.12. The first-order chi connectivity index (χ1) is 9.06. The maximum absolute atomic E-state index is 11.7. The Kier molecular flexibility index (Phi) is 4.21. The highest BCUT2D eigenvalue weighted by atomic mass is 79.9. The molecule has 0 spiro atoms. The van der Waals surface area contributed by atoms with Crippen molar-refractivity contribution in [1.82, 2.24) is 9.55 Å². The molecule has 19 heavy (non-hydrogen) atoms. The molecule has 3 N–H and O–H groups in total. The van der Waals surface area contributed by atoms with Crippen LogP contribution in [0.25, 0.3) is 0 Å². The summed E-state index contributed by atoms with van der Waals surface area (Å²) in [6, 6.07) is 0. The Hall–Kier alpha value is -1.40. The van der Waals surface area contributed by atoms with Crippen LogP contribution in [-0.2, 0) is 4.74 Å². The Balaban J connectivity index is 2.44. The van der Waals surface area contributed by atoms with Crippen LogP contribution in [0.3, 0.4) is 0 Å². The number of aliphatic hydroxyl groups excluding tert-OH is 2. The number of aliphatic hydroxyl groups is 2. The van der Waals surface area contributed by atoms with Crippen LogP contribution in [0.15, 0.2) is 15.8 Å². The number of nitrogens with one attached hydrogen (secondary N) is 1. The summed E-state index contributed by atoms with van der Waals surface area (Å²) in [5.41, 5.74) is -1.24. The third kappa shape index (κ3) is 2.79. The molecular weight excluding hydrogens is 320 g/mol. The molecule has 2 rings (SSSR count). The Bertz CT molecular complexity index is 641. The molecule has 3 atom stereocenters. The van der Waals surface area contributed by atoms with E-state index in [0.29, 0.717) is 0 Å². The summed E-state index contributed by atoms with van der Waals surface area (Å²) in [6.07, 6.45) is -0.984. The average molecular weight is 331 g/mol. The average Bonchev–Trinajstić information content (AvgIpc) is 2.74. The Labute approximate surface area is 116 Å². The first kappa shape index (κ1) is 14.0. The van der Waals surface area contributed by atoms with E-state index in [0.717, 1.165) is 4.57 Å². The maximum atomic E-state index is 11.7. The summed E-state index contributed by atoms with van der Waals surface area (Å²) >= 11 is 2.86. The fourth-order valence-corrected chi connectivity index (χ4v) is 2.13. The first-order valence-corrected chi connectivity index (χ1v) is 6.27. The zero-order chi connectivity index (χ0) is 14.0. The second-order valence-electron chi connectivity index (χ2n) is 4.06. The fourth-order valence-electron chi connectivity index (χ4n) is 1.91. The summed E-state index contributed by atoms with van der Waals surface area (Å²) in [5.74, 6) is 2.48. The van der Waals surface area contributed by atoms with Crippen molar-refractivity contribution in [3.05, 3.63) is 32.6 Å². The lowest BCUT2D eigenvalue weighted by molar-refractivity contribution is -0.0531. The van der Waals surface area contributed by atoms with Crippen LogP contribution in [0, 0.1) is 10.8 Å². The van der Waals surface area contributed by atoms with Crippen LogP contribution in [0.5, 0.6) is 0 Å². The van der Waals surface area contributed by atoms with Gasteiger partial charge in [0.15, 0.2) is 6.23 Å². The second-order valence-corrected chi connectivity index (χ2v) is 4.46. The van der Waals surface area contributed by atoms with E-state index in [9.17, 15) is 14.7 Å². The van der Waals surface area contributed by atoms with Crippen molar-refractivity contribution in [2.45, 2.75) is 24.9 Å². The fraction of sp³-hybridized carbons (Fsp3) is 0.455. The number of hydrogen-bond acceptors (Lipinski definition) is 5. The summed E-state index contributed by atoms with van der Waals surface area (Å²) in [4.78, 5) is 27.7. The summed E-state index contributed by atoms with van der Waals surface area (Å²) in [5, 5.41) is 18.8. The van der Waals surface area contributed by atoms with Crippen molar-refractivity contribution in [3.8, 4) is 10.8 Å².